The Bertz CT molecular complexity index is 2210. The maximum atomic E-state index is 4.33. The van der Waals surface area contributed by atoms with E-state index in [0.29, 0.717) is 0 Å². The molecule has 2 aliphatic rings. The molecule has 46 heavy (non-hydrogen) atoms. The van der Waals surface area contributed by atoms with E-state index >= 15 is 0 Å². The predicted molar refractivity (Wildman–Crippen MR) is 195 cm³/mol. The summed E-state index contributed by atoms with van der Waals surface area (Å²) in [4.78, 5) is 4.81. The first-order valence-electron chi connectivity index (χ1n) is 16.2. The van der Waals surface area contributed by atoms with Gasteiger partial charge < -0.3 is 9.80 Å². The summed E-state index contributed by atoms with van der Waals surface area (Å²) in [6.07, 6.45) is 5.44. The van der Waals surface area contributed by atoms with Crippen LogP contribution in [0.2, 0.25) is 0 Å². The van der Waals surface area contributed by atoms with Crippen molar-refractivity contribution in [1.82, 2.24) is 0 Å². The Morgan fingerprint density at radius 1 is 0.543 bits per heavy atom. The van der Waals surface area contributed by atoms with E-state index < -0.39 is 0 Å². The second-order valence-electron chi connectivity index (χ2n) is 12.2. The van der Waals surface area contributed by atoms with E-state index in [1.54, 1.807) is 0 Å². The number of fused-ring (bicyclic) bond motifs is 4. The Kier molecular flexibility index (Phi) is 7.11. The zero-order valence-electron chi connectivity index (χ0n) is 26.2. The van der Waals surface area contributed by atoms with Gasteiger partial charge in [0.2, 0.25) is 0 Å². The molecular formula is C44H36N2. The monoisotopic (exact) mass is 592 g/mol. The van der Waals surface area contributed by atoms with Crippen molar-refractivity contribution in [2.75, 3.05) is 9.80 Å². The topological polar surface area (TPSA) is 6.48 Å². The van der Waals surface area contributed by atoms with Crippen molar-refractivity contribution in [3.05, 3.63) is 184 Å². The number of aryl methyl sites for hydroxylation is 1. The maximum absolute atomic E-state index is 4.33. The summed E-state index contributed by atoms with van der Waals surface area (Å²) in [5.41, 5.74) is 15.2. The lowest BCUT2D eigenvalue weighted by atomic mass is 9.93. The van der Waals surface area contributed by atoms with Crippen LogP contribution in [0.15, 0.2) is 152 Å². The molecule has 2 aliphatic carbocycles. The Morgan fingerprint density at radius 2 is 1.15 bits per heavy atom. The van der Waals surface area contributed by atoms with E-state index in [9.17, 15) is 0 Å². The van der Waals surface area contributed by atoms with Gasteiger partial charge >= 0.3 is 0 Å². The number of nitrogens with zero attached hydrogens (tertiary/aromatic N) is 2. The Morgan fingerprint density at radius 3 is 1.89 bits per heavy atom. The summed E-state index contributed by atoms with van der Waals surface area (Å²) in [5.74, 6) is 0. The first-order valence-corrected chi connectivity index (χ1v) is 16.2. The molecular weight excluding hydrogens is 556 g/mol. The van der Waals surface area contributed by atoms with Crippen LogP contribution in [0.5, 0.6) is 0 Å². The molecule has 6 aromatic carbocycles. The average molecular weight is 593 g/mol. The second kappa shape index (κ2) is 11.7. The van der Waals surface area contributed by atoms with Crippen LogP contribution < -0.4 is 20.2 Å². The molecule has 0 atom stereocenters. The summed E-state index contributed by atoms with van der Waals surface area (Å²) >= 11 is 0. The third-order valence-corrected chi connectivity index (χ3v) is 9.42. The fraction of sp³-hybridized carbons (Fsp3) is 0.0909. The van der Waals surface area contributed by atoms with Gasteiger partial charge in [0.1, 0.15) is 0 Å². The normalized spacial score (nSPS) is 13.6. The number of hydrogen-bond donors (Lipinski definition) is 0. The van der Waals surface area contributed by atoms with Crippen molar-refractivity contribution in [2.45, 2.75) is 26.2 Å². The highest BCUT2D eigenvalue weighted by atomic mass is 15.2. The number of rotatable bonds is 6. The van der Waals surface area contributed by atoms with E-state index in [1.807, 2.05) is 0 Å². The molecule has 0 bridgehead atoms. The molecule has 0 fully saturated rings. The Labute approximate surface area is 271 Å². The van der Waals surface area contributed by atoms with Crippen LogP contribution in [0.25, 0.3) is 29.1 Å². The quantitative estimate of drug-likeness (QED) is 0.190. The van der Waals surface area contributed by atoms with Gasteiger partial charge in [-0.2, -0.15) is 0 Å². The lowest BCUT2D eigenvalue weighted by Gasteiger charge is -2.31. The van der Waals surface area contributed by atoms with Crippen LogP contribution in [-0.2, 0) is 12.8 Å². The standard InChI is InChI=1S/C44H36N2/c1-31-14-9-11-21-40(31)32(2)45(36-17-5-3-6-18-36)38-24-26-41-34(29-38)28-35-30-39(25-27-42(35)41)46(37-19-7-4-8-20-37)44-23-13-16-33-15-10-12-22-43(33)44/h3-12,14-15,17-27,29-30H,1,13,16,28H2,2H3. The van der Waals surface area contributed by atoms with Gasteiger partial charge in [0, 0.05) is 44.9 Å². The van der Waals surface area contributed by atoms with Crippen molar-refractivity contribution in [1.29, 1.82) is 0 Å². The second-order valence-corrected chi connectivity index (χ2v) is 12.2. The van der Waals surface area contributed by atoms with Gasteiger partial charge in [0.15, 0.2) is 0 Å². The number of allylic oxidation sites excluding steroid dienone is 1. The van der Waals surface area contributed by atoms with Crippen molar-refractivity contribution in [3.63, 3.8) is 0 Å². The predicted octanol–water partition coefficient (Wildman–Crippen LogP) is 9.76. The lowest BCUT2D eigenvalue weighted by Crippen LogP contribution is -2.30. The molecule has 0 amide bonds. The zero-order valence-corrected chi connectivity index (χ0v) is 26.2. The van der Waals surface area contributed by atoms with Crippen LogP contribution in [-0.4, -0.2) is 0 Å². The molecule has 0 radical (unpaired) electrons. The number of benzene rings is 6. The highest BCUT2D eigenvalue weighted by Crippen LogP contribution is 2.44. The van der Waals surface area contributed by atoms with E-state index in [2.05, 4.69) is 175 Å². The third kappa shape index (κ3) is 4.93. The summed E-state index contributed by atoms with van der Waals surface area (Å²) < 4.78 is 0. The van der Waals surface area contributed by atoms with E-state index in [4.69, 9.17) is 0 Å². The third-order valence-electron chi connectivity index (χ3n) is 9.42. The first kappa shape index (κ1) is 27.9. The van der Waals surface area contributed by atoms with E-state index in [1.165, 1.54) is 50.5 Å². The molecule has 2 heteroatoms. The zero-order chi connectivity index (χ0) is 31.0. The minimum absolute atomic E-state index is 0.901. The number of hydrogen-bond acceptors (Lipinski definition) is 2. The fourth-order valence-electron chi connectivity index (χ4n) is 7.25. The molecule has 222 valence electrons. The van der Waals surface area contributed by atoms with Gasteiger partial charge in [0.25, 0.3) is 0 Å². The summed E-state index contributed by atoms with van der Waals surface area (Å²) in [7, 11) is 0. The highest BCUT2D eigenvalue weighted by Gasteiger charge is 2.25. The van der Waals surface area contributed by atoms with Crippen molar-refractivity contribution in [2.24, 2.45) is 0 Å². The molecule has 6 aromatic rings. The highest BCUT2D eigenvalue weighted by molar-refractivity contribution is 5.92. The lowest BCUT2D eigenvalue weighted by molar-refractivity contribution is 0.967. The summed E-state index contributed by atoms with van der Waals surface area (Å²) in [6, 6.07) is 52.7. The van der Waals surface area contributed by atoms with Crippen LogP contribution >= 0.6 is 0 Å². The molecule has 0 aromatic heterocycles. The first-order chi connectivity index (χ1) is 22.7. The van der Waals surface area contributed by atoms with Gasteiger partial charge in [-0.15, -0.1) is 0 Å². The SMILES string of the molecule is C=c1ccccc1=C(C)N(c1ccccc1)c1ccc2c(c1)Cc1cc(N(C3=CCCc4ccccc43)c3ccccc3)ccc1-2. The molecule has 0 heterocycles. The van der Waals surface area contributed by atoms with Gasteiger partial charge in [-0.3, -0.25) is 0 Å². The minimum Gasteiger partial charge on any atom is -0.314 e. The number of para-hydroxylation sites is 2. The molecule has 0 N–H and O–H groups in total. The molecule has 0 aliphatic heterocycles. The largest absolute Gasteiger partial charge is 0.314 e. The minimum atomic E-state index is 0.901. The molecule has 0 unspecified atom stereocenters. The van der Waals surface area contributed by atoms with Crippen LogP contribution in [0.1, 0.15) is 35.6 Å². The Hall–Kier alpha value is -5.60. The van der Waals surface area contributed by atoms with Crippen molar-refractivity contribution < 1.29 is 0 Å². The molecule has 8 rings (SSSR count). The molecule has 0 spiro atoms. The average Bonchev–Trinajstić information content (AvgIpc) is 3.47. The Balaban J connectivity index is 1.20. The number of anilines is 4. The van der Waals surface area contributed by atoms with Gasteiger partial charge in [-0.25, -0.2) is 0 Å². The van der Waals surface area contributed by atoms with Gasteiger partial charge in [0.05, 0.1) is 0 Å². The van der Waals surface area contributed by atoms with Crippen molar-refractivity contribution >= 4 is 40.7 Å². The van der Waals surface area contributed by atoms with E-state index in [-0.39, 0.29) is 0 Å². The van der Waals surface area contributed by atoms with Crippen LogP contribution in [0.3, 0.4) is 0 Å². The molecule has 0 saturated carbocycles. The molecule has 2 nitrogen and oxygen atoms in total. The van der Waals surface area contributed by atoms with Crippen LogP contribution in [0.4, 0.5) is 22.7 Å². The van der Waals surface area contributed by atoms with E-state index in [0.717, 1.165) is 46.8 Å². The van der Waals surface area contributed by atoms with Crippen LogP contribution in [0, 0.1) is 0 Å². The summed E-state index contributed by atoms with van der Waals surface area (Å²) in [5, 5.41) is 2.18. The smallest absolute Gasteiger partial charge is 0.0497 e. The van der Waals surface area contributed by atoms with Gasteiger partial charge in [-0.05, 0) is 108 Å². The maximum Gasteiger partial charge on any atom is 0.0497 e. The van der Waals surface area contributed by atoms with Crippen molar-refractivity contribution in [3.8, 4) is 11.1 Å². The molecule has 0 saturated heterocycles. The van der Waals surface area contributed by atoms with Gasteiger partial charge in [-0.1, -0.05) is 110 Å². The fourth-order valence-corrected chi connectivity index (χ4v) is 7.25. The summed E-state index contributed by atoms with van der Waals surface area (Å²) in [6.45, 7) is 6.53.